The maximum atomic E-state index is 11.6. The number of hydrazine groups is 1. The highest BCUT2D eigenvalue weighted by atomic mass is 16.5. The zero-order valence-corrected chi connectivity index (χ0v) is 8.82. The molecular formula is C10H13N3O3. The molecule has 0 aromatic heterocycles. The van der Waals surface area contributed by atoms with Gasteiger partial charge >= 0.3 is 0 Å². The summed E-state index contributed by atoms with van der Waals surface area (Å²) in [6.07, 6.45) is 0. The summed E-state index contributed by atoms with van der Waals surface area (Å²) in [6.45, 7) is -0.173. The highest BCUT2D eigenvalue weighted by Crippen LogP contribution is 2.16. The standard InChI is InChI=1S/C10H13N3O3/c1-16-8-5-3-2-4-7(8)10(15)12-6-9(14)13-11/h2-5H,6,11H2,1H3,(H,12,15)(H,13,14). The first-order chi connectivity index (χ1) is 7.69. The number of rotatable bonds is 4. The lowest BCUT2D eigenvalue weighted by atomic mass is 10.2. The van der Waals surface area contributed by atoms with E-state index >= 15 is 0 Å². The molecule has 16 heavy (non-hydrogen) atoms. The van der Waals surface area contributed by atoms with Gasteiger partial charge in [-0.2, -0.15) is 0 Å². The van der Waals surface area contributed by atoms with Crippen LogP contribution in [0.25, 0.3) is 0 Å². The van der Waals surface area contributed by atoms with E-state index in [1.54, 1.807) is 24.3 Å². The molecule has 86 valence electrons. The van der Waals surface area contributed by atoms with Gasteiger partial charge in [0, 0.05) is 0 Å². The van der Waals surface area contributed by atoms with Crippen LogP contribution in [0.4, 0.5) is 0 Å². The van der Waals surface area contributed by atoms with Crippen LogP contribution >= 0.6 is 0 Å². The predicted octanol–water partition coefficient (Wildman–Crippen LogP) is -0.585. The van der Waals surface area contributed by atoms with E-state index in [9.17, 15) is 9.59 Å². The smallest absolute Gasteiger partial charge is 0.255 e. The van der Waals surface area contributed by atoms with E-state index in [0.29, 0.717) is 11.3 Å². The molecule has 6 heteroatoms. The van der Waals surface area contributed by atoms with Crippen LogP contribution in [0, 0.1) is 0 Å². The number of carbonyl (C=O) groups is 2. The summed E-state index contributed by atoms with van der Waals surface area (Å²) in [6, 6.07) is 6.73. The molecule has 0 atom stereocenters. The van der Waals surface area contributed by atoms with Crippen molar-refractivity contribution in [3.8, 4) is 5.75 Å². The second-order valence-electron chi connectivity index (χ2n) is 2.95. The fourth-order valence-electron chi connectivity index (χ4n) is 1.14. The lowest BCUT2D eigenvalue weighted by Gasteiger charge is -2.08. The maximum Gasteiger partial charge on any atom is 0.255 e. The van der Waals surface area contributed by atoms with Crippen molar-refractivity contribution in [2.24, 2.45) is 5.84 Å². The molecule has 0 saturated heterocycles. The zero-order chi connectivity index (χ0) is 12.0. The molecule has 0 saturated carbocycles. The minimum Gasteiger partial charge on any atom is -0.496 e. The Labute approximate surface area is 92.7 Å². The average Bonchev–Trinajstić information content (AvgIpc) is 2.35. The molecule has 0 aliphatic heterocycles. The van der Waals surface area contributed by atoms with Crippen molar-refractivity contribution in [2.45, 2.75) is 0 Å². The topological polar surface area (TPSA) is 93.4 Å². The summed E-state index contributed by atoms with van der Waals surface area (Å²) in [7, 11) is 1.47. The average molecular weight is 223 g/mol. The molecule has 1 rings (SSSR count). The van der Waals surface area contributed by atoms with Crippen molar-refractivity contribution in [3.63, 3.8) is 0 Å². The van der Waals surface area contributed by atoms with Crippen LogP contribution in [0.3, 0.4) is 0 Å². The Morgan fingerprint density at radius 2 is 2.06 bits per heavy atom. The molecule has 0 radical (unpaired) electrons. The number of amides is 2. The fraction of sp³-hybridized carbons (Fsp3) is 0.200. The Balaban J connectivity index is 2.69. The Morgan fingerprint density at radius 1 is 1.38 bits per heavy atom. The number of hydrogen-bond acceptors (Lipinski definition) is 4. The molecule has 2 amide bonds. The highest BCUT2D eigenvalue weighted by Gasteiger charge is 2.11. The van der Waals surface area contributed by atoms with Crippen LogP contribution in [0.1, 0.15) is 10.4 Å². The van der Waals surface area contributed by atoms with E-state index in [1.807, 2.05) is 5.43 Å². The van der Waals surface area contributed by atoms with Crippen LogP contribution in [0.15, 0.2) is 24.3 Å². The third-order valence-electron chi connectivity index (χ3n) is 1.92. The van der Waals surface area contributed by atoms with E-state index in [4.69, 9.17) is 10.6 Å². The molecular weight excluding hydrogens is 210 g/mol. The summed E-state index contributed by atoms with van der Waals surface area (Å²) in [5, 5.41) is 2.41. The molecule has 0 fully saturated rings. The van der Waals surface area contributed by atoms with E-state index in [0.717, 1.165) is 0 Å². The SMILES string of the molecule is COc1ccccc1C(=O)NCC(=O)NN. The number of hydrogen-bond donors (Lipinski definition) is 3. The lowest BCUT2D eigenvalue weighted by Crippen LogP contribution is -2.40. The molecule has 6 nitrogen and oxygen atoms in total. The van der Waals surface area contributed by atoms with Crippen LogP contribution in [-0.4, -0.2) is 25.5 Å². The molecule has 0 aliphatic carbocycles. The number of benzene rings is 1. The Bertz CT molecular complexity index is 393. The minimum absolute atomic E-state index is 0.173. The number of methoxy groups -OCH3 is 1. The molecule has 4 N–H and O–H groups in total. The molecule has 0 bridgehead atoms. The number of ether oxygens (including phenoxy) is 1. The third-order valence-corrected chi connectivity index (χ3v) is 1.92. The summed E-state index contributed by atoms with van der Waals surface area (Å²) in [4.78, 5) is 22.5. The van der Waals surface area contributed by atoms with E-state index in [-0.39, 0.29) is 12.5 Å². The molecule has 0 unspecified atom stereocenters. The van der Waals surface area contributed by atoms with E-state index in [2.05, 4.69) is 5.32 Å². The van der Waals surface area contributed by atoms with Crippen LogP contribution in [0.2, 0.25) is 0 Å². The van der Waals surface area contributed by atoms with Gasteiger partial charge < -0.3 is 10.1 Å². The molecule has 0 aliphatic rings. The van der Waals surface area contributed by atoms with Crippen molar-refractivity contribution < 1.29 is 14.3 Å². The summed E-state index contributed by atoms with van der Waals surface area (Å²) >= 11 is 0. The maximum absolute atomic E-state index is 11.6. The molecule has 1 aromatic rings. The first-order valence-electron chi connectivity index (χ1n) is 4.59. The summed E-state index contributed by atoms with van der Waals surface area (Å²) in [5.41, 5.74) is 2.29. The van der Waals surface area contributed by atoms with Crippen LogP contribution in [-0.2, 0) is 4.79 Å². The quantitative estimate of drug-likeness (QED) is 0.361. The van der Waals surface area contributed by atoms with Gasteiger partial charge in [0.25, 0.3) is 11.8 Å². The Hall–Kier alpha value is -2.08. The van der Waals surface area contributed by atoms with Crippen molar-refractivity contribution in [2.75, 3.05) is 13.7 Å². The van der Waals surface area contributed by atoms with Gasteiger partial charge in [0.15, 0.2) is 0 Å². The molecule has 0 spiro atoms. The van der Waals surface area contributed by atoms with E-state index < -0.39 is 5.91 Å². The number of nitrogens with one attached hydrogen (secondary N) is 2. The third kappa shape index (κ3) is 2.96. The van der Waals surface area contributed by atoms with Gasteiger partial charge in [-0.15, -0.1) is 0 Å². The monoisotopic (exact) mass is 223 g/mol. The lowest BCUT2D eigenvalue weighted by molar-refractivity contribution is -0.120. The van der Waals surface area contributed by atoms with Gasteiger partial charge in [0.2, 0.25) is 0 Å². The first kappa shape index (κ1) is 12.0. The Kier molecular flexibility index (Phi) is 4.28. The minimum atomic E-state index is -0.469. The summed E-state index contributed by atoms with van der Waals surface area (Å²) in [5.74, 6) is 4.47. The first-order valence-corrected chi connectivity index (χ1v) is 4.59. The zero-order valence-electron chi connectivity index (χ0n) is 8.82. The van der Waals surface area contributed by atoms with Crippen LogP contribution in [0.5, 0.6) is 5.75 Å². The van der Waals surface area contributed by atoms with Gasteiger partial charge in [0.1, 0.15) is 5.75 Å². The molecule has 0 heterocycles. The van der Waals surface area contributed by atoms with Crippen LogP contribution < -0.4 is 21.3 Å². The van der Waals surface area contributed by atoms with Gasteiger partial charge in [0.05, 0.1) is 19.2 Å². The van der Waals surface area contributed by atoms with Crippen molar-refractivity contribution in [3.05, 3.63) is 29.8 Å². The summed E-state index contributed by atoms with van der Waals surface area (Å²) < 4.78 is 5.01. The number of nitrogens with two attached hydrogens (primary N) is 1. The van der Waals surface area contributed by atoms with Crippen molar-refractivity contribution >= 4 is 11.8 Å². The van der Waals surface area contributed by atoms with Crippen molar-refractivity contribution in [1.82, 2.24) is 10.7 Å². The second kappa shape index (κ2) is 5.72. The largest absolute Gasteiger partial charge is 0.496 e. The normalized spacial score (nSPS) is 9.38. The number of carbonyl (C=O) groups excluding carboxylic acids is 2. The van der Waals surface area contributed by atoms with E-state index in [1.165, 1.54) is 7.11 Å². The fourth-order valence-corrected chi connectivity index (χ4v) is 1.14. The van der Waals surface area contributed by atoms with Crippen molar-refractivity contribution in [1.29, 1.82) is 0 Å². The predicted molar refractivity (Wildman–Crippen MR) is 57.7 cm³/mol. The Morgan fingerprint density at radius 3 is 2.69 bits per heavy atom. The molecule has 1 aromatic carbocycles. The van der Waals surface area contributed by atoms with Gasteiger partial charge in [-0.25, -0.2) is 5.84 Å². The van der Waals surface area contributed by atoms with Gasteiger partial charge in [-0.05, 0) is 12.1 Å². The second-order valence-corrected chi connectivity index (χ2v) is 2.95. The van der Waals surface area contributed by atoms with Gasteiger partial charge in [-0.1, -0.05) is 12.1 Å². The highest BCUT2D eigenvalue weighted by molar-refractivity contribution is 5.98. The van der Waals surface area contributed by atoms with Gasteiger partial charge in [-0.3, -0.25) is 15.0 Å². The number of para-hydroxylation sites is 1.